The molecule has 2 aliphatic heterocycles. The zero-order valence-corrected chi connectivity index (χ0v) is 17.0. The number of nitrogens with one attached hydrogen (secondary N) is 1. The average molecular weight is 426 g/mol. The summed E-state index contributed by atoms with van der Waals surface area (Å²) in [4.78, 5) is 35.0. The molecule has 0 aromatic heterocycles. The maximum absolute atomic E-state index is 13.1. The Bertz CT molecular complexity index is 858. The molecule has 3 aliphatic rings. The molecule has 0 spiro atoms. The van der Waals surface area contributed by atoms with Gasteiger partial charge in [-0.05, 0) is 30.5 Å². The van der Waals surface area contributed by atoms with E-state index in [4.69, 9.17) is 23.2 Å². The predicted molar refractivity (Wildman–Crippen MR) is 105 cm³/mol. The number of guanidine groups is 1. The number of carbonyl (C=O) groups is 2. The van der Waals surface area contributed by atoms with Crippen molar-refractivity contribution >= 4 is 41.1 Å². The highest BCUT2D eigenvalue weighted by atomic mass is 35.5. The van der Waals surface area contributed by atoms with Crippen molar-refractivity contribution in [3.63, 3.8) is 0 Å². The molecule has 2 fully saturated rings. The second kappa shape index (κ2) is 7.09. The number of rotatable bonds is 3. The van der Waals surface area contributed by atoms with Crippen LogP contribution in [-0.4, -0.2) is 76.2 Å². The maximum atomic E-state index is 13.1. The standard InChI is InChI=1S/C18H21Cl2N5O3/c1-23-14-15(22-17(23)21-10-6-11(26)7-10)24(2)18(28)25(16(14)27)8-9-3-4-12(19)13(20)5-9/h3-5,10-11,14-15,26H,6-8H2,1-2H3,(H,21,22). The number of urea groups is 1. The number of imide groups is 1. The van der Waals surface area contributed by atoms with E-state index < -0.39 is 18.2 Å². The third-order valence-electron chi connectivity index (χ3n) is 5.51. The van der Waals surface area contributed by atoms with Crippen LogP contribution in [0.1, 0.15) is 18.4 Å². The van der Waals surface area contributed by atoms with Crippen LogP contribution in [-0.2, 0) is 11.3 Å². The molecule has 28 heavy (non-hydrogen) atoms. The van der Waals surface area contributed by atoms with Crippen LogP contribution in [0.25, 0.3) is 0 Å². The van der Waals surface area contributed by atoms with Gasteiger partial charge in [-0.3, -0.25) is 9.69 Å². The summed E-state index contributed by atoms with van der Waals surface area (Å²) in [7, 11) is 3.42. The van der Waals surface area contributed by atoms with Crippen molar-refractivity contribution in [3.8, 4) is 0 Å². The smallest absolute Gasteiger partial charge is 0.328 e. The molecular formula is C18H21Cl2N5O3. The Morgan fingerprint density at radius 2 is 1.89 bits per heavy atom. The molecule has 0 radical (unpaired) electrons. The Kier molecular flexibility index (Phi) is 4.89. The summed E-state index contributed by atoms with van der Waals surface area (Å²) >= 11 is 12.0. The van der Waals surface area contributed by atoms with Crippen LogP contribution in [0.4, 0.5) is 4.79 Å². The zero-order chi connectivity index (χ0) is 20.2. The number of fused-ring (bicyclic) bond motifs is 1. The predicted octanol–water partition coefficient (Wildman–Crippen LogP) is 1.50. The highest BCUT2D eigenvalue weighted by Crippen LogP contribution is 2.30. The minimum absolute atomic E-state index is 0.105. The Morgan fingerprint density at radius 3 is 2.54 bits per heavy atom. The van der Waals surface area contributed by atoms with Crippen LogP contribution in [0.3, 0.4) is 0 Å². The summed E-state index contributed by atoms with van der Waals surface area (Å²) in [5.74, 6) is 0.257. The molecule has 10 heteroatoms. The van der Waals surface area contributed by atoms with Gasteiger partial charge < -0.3 is 20.2 Å². The van der Waals surface area contributed by atoms with Crippen LogP contribution < -0.4 is 5.32 Å². The highest BCUT2D eigenvalue weighted by Gasteiger charge is 2.51. The third kappa shape index (κ3) is 3.19. The SMILES string of the molecule is CN1C(=O)N(Cc2ccc(Cl)c(Cl)c2)C(=O)C2C1N=C(NC1CC(O)C1)N2C. The molecule has 2 atom stereocenters. The number of benzene rings is 1. The molecule has 8 nitrogen and oxygen atoms in total. The number of amides is 3. The fourth-order valence-electron chi connectivity index (χ4n) is 3.76. The van der Waals surface area contributed by atoms with E-state index in [0.717, 1.165) is 0 Å². The van der Waals surface area contributed by atoms with Gasteiger partial charge in [-0.15, -0.1) is 0 Å². The number of halogens is 2. The molecule has 150 valence electrons. The van der Waals surface area contributed by atoms with Gasteiger partial charge in [0.15, 0.2) is 18.2 Å². The Morgan fingerprint density at radius 1 is 1.18 bits per heavy atom. The van der Waals surface area contributed by atoms with Gasteiger partial charge in [-0.1, -0.05) is 29.3 Å². The number of aliphatic hydroxyl groups excluding tert-OH is 1. The number of likely N-dealkylation sites (N-methyl/N-ethyl adjacent to an activating group) is 2. The first-order valence-corrected chi connectivity index (χ1v) is 9.79. The van der Waals surface area contributed by atoms with Crippen molar-refractivity contribution < 1.29 is 14.7 Å². The molecule has 3 amide bonds. The minimum atomic E-state index is -0.599. The minimum Gasteiger partial charge on any atom is -0.393 e. The Labute approximate surface area is 172 Å². The first-order valence-electron chi connectivity index (χ1n) is 9.03. The van der Waals surface area contributed by atoms with Gasteiger partial charge in [0.25, 0.3) is 5.91 Å². The van der Waals surface area contributed by atoms with E-state index in [-0.39, 0.29) is 24.6 Å². The lowest BCUT2D eigenvalue weighted by Gasteiger charge is -2.40. The Balaban J connectivity index is 1.53. The quantitative estimate of drug-likeness (QED) is 0.765. The normalized spacial score (nSPS) is 29.6. The number of aliphatic hydroxyl groups is 1. The van der Waals surface area contributed by atoms with Gasteiger partial charge in [-0.25, -0.2) is 9.79 Å². The van der Waals surface area contributed by atoms with Crippen molar-refractivity contribution in [3.05, 3.63) is 33.8 Å². The van der Waals surface area contributed by atoms with Crippen LogP contribution in [0.5, 0.6) is 0 Å². The van der Waals surface area contributed by atoms with Gasteiger partial charge in [0, 0.05) is 20.1 Å². The molecule has 4 rings (SSSR count). The van der Waals surface area contributed by atoms with E-state index >= 15 is 0 Å². The van der Waals surface area contributed by atoms with Crippen molar-refractivity contribution in [2.24, 2.45) is 4.99 Å². The highest BCUT2D eigenvalue weighted by molar-refractivity contribution is 6.42. The molecule has 0 bridgehead atoms. The second-order valence-corrected chi connectivity index (χ2v) is 8.27. The lowest BCUT2D eigenvalue weighted by atomic mass is 9.90. The monoisotopic (exact) mass is 425 g/mol. The van der Waals surface area contributed by atoms with E-state index in [1.807, 2.05) is 0 Å². The van der Waals surface area contributed by atoms with Crippen molar-refractivity contribution in [2.45, 2.75) is 43.7 Å². The summed E-state index contributed by atoms with van der Waals surface area (Å²) in [6.07, 6.45) is 0.421. The van der Waals surface area contributed by atoms with Gasteiger partial charge in [0.05, 0.1) is 22.7 Å². The molecule has 2 heterocycles. The first-order chi connectivity index (χ1) is 13.3. The van der Waals surface area contributed by atoms with Crippen molar-refractivity contribution in [2.75, 3.05) is 14.1 Å². The van der Waals surface area contributed by atoms with Gasteiger partial charge in [0.2, 0.25) is 0 Å². The molecule has 1 saturated heterocycles. The van der Waals surface area contributed by atoms with E-state index in [2.05, 4.69) is 10.3 Å². The molecule has 2 unspecified atom stereocenters. The van der Waals surface area contributed by atoms with E-state index in [1.165, 1.54) is 9.80 Å². The number of hydrogen-bond donors (Lipinski definition) is 2. The second-order valence-electron chi connectivity index (χ2n) is 7.45. The topological polar surface area (TPSA) is 88.5 Å². The van der Waals surface area contributed by atoms with Crippen LogP contribution >= 0.6 is 23.2 Å². The number of nitrogens with zero attached hydrogens (tertiary/aromatic N) is 4. The van der Waals surface area contributed by atoms with Gasteiger partial charge in [-0.2, -0.15) is 0 Å². The van der Waals surface area contributed by atoms with E-state index in [0.29, 0.717) is 34.4 Å². The lowest BCUT2D eigenvalue weighted by Crippen LogP contribution is -2.64. The lowest BCUT2D eigenvalue weighted by molar-refractivity contribution is -0.137. The average Bonchev–Trinajstić information content (AvgIpc) is 2.95. The molecular weight excluding hydrogens is 405 g/mol. The fraction of sp³-hybridized carbons (Fsp3) is 0.500. The van der Waals surface area contributed by atoms with Gasteiger partial charge >= 0.3 is 6.03 Å². The summed E-state index contributed by atoms with van der Waals surface area (Å²) < 4.78 is 0. The largest absolute Gasteiger partial charge is 0.393 e. The van der Waals surface area contributed by atoms with E-state index in [9.17, 15) is 14.7 Å². The zero-order valence-electron chi connectivity index (χ0n) is 15.5. The Hall–Kier alpha value is -2.03. The summed E-state index contributed by atoms with van der Waals surface area (Å²) in [6, 6.07) is 4.16. The summed E-state index contributed by atoms with van der Waals surface area (Å²) in [5, 5.41) is 13.5. The number of carbonyl (C=O) groups excluding carboxylic acids is 2. The number of aliphatic imine (C=N–C) groups is 1. The van der Waals surface area contributed by atoms with Gasteiger partial charge in [0.1, 0.15) is 0 Å². The first kappa shape index (κ1) is 19.3. The van der Waals surface area contributed by atoms with Crippen molar-refractivity contribution in [1.82, 2.24) is 20.0 Å². The molecule has 2 N–H and O–H groups in total. The van der Waals surface area contributed by atoms with E-state index in [1.54, 1.807) is 37.2 Å². The molecule has 1 aromatic rings. The maximum Gasteiger partial charge on any atom is 0.328 e. The van der Waals surface area contributed by atoms with Crippen molar-refractivity contribution in [1.29, 1.82) is 0 Å². The van der Waals surface area contributed by atoms with Crippen LogP contribution in [0, 0.1) is 0 Å². The third-order valence-corrected chi connectivity index (χ3v) is 6.25. The molecule has 1 aromatic carbocycles. The molecule has 1 saturated carbocycles. The number of hydrogen-bond acceptors (Lipinski definition) is 6. The summed E-state index contributed by atoms with van der Waals surface area (Å²) in [6.45, 7) is 0.105. The fourth-order valence-corrected chi connectivity index (χ4v) is 4.08. The molecule has 1 aliphatic carbocycles. The van der Waals surface area contributed by atoms with Crippen LogP contribution in [0.2, 0.25) is 10.0 Å². The summed E-state index contributed by atoms with van der Waals surface area (Å²) in [5.41, 5.74) is 0.714. The van der Waals surface area contributed by atoms with Crippen LogP contribution in [0.15, 0.2) is 23.2 Å².